The van der Waals surface area contributed by atoms with Crippen molar-refractivity contribution in [2.45, 2.75) is 57.9 Å². The minimum atomic E-state index is -0.927. The van der Waals surface area contributed by atoms with Crippen LogP contribution in [0.4, 0.5) is 0 Å². The Morgan fingerprint density at radius 3 is 2.33 bits per heavy atom. The largest absolute Gasteiger partial charge is 0.388 e. The van der Waals surface area contributed by atoms with E-state index in [0.717, 1.165) is 27.9 Å². The zero-order valence-corrected chi connectivity index (χ0v) is 23.1. The summed E-state index contributed by atoms with van der Waals surface area (Å²) >= 11 is 13.9. The van der Waals surface area contributed by atoms with Crippen molar-refractivity contribution in [1.29, 1.82) is 0 Å². The van der Waals surface area contributed by atoms with Crippen molar-refractivity contribution >= 4 is 46.0 Å². The molecule has 0 aromatic heterocycles. The topological polar surface area (TPSA) is 76.4 Å². The highest BCUT2D eigenvalue weighted by Crippen LogP contribution is 2.59. The van der Waals surface area contributed by atoms with Crippen LogP contribution in [-0.2, 0) is 4.79 Å². The predicted octanol–water partition coefficient (Wildman–Crippen LogP) is 5.08. The van der Waals surface area contributed by atoms with Crippen molar-refractivity contribution in [3.63, 3.8) is 0 Å². The lowest BCUT2D eigenvalue weighted by molar-refractivity contribution is -0.126. The van der Waals surface area contributed by atoms with E-state index in [2.05, 4.69) is 38.7 Å². The Hall–Kier alpha value is -1.77. The lowest BCUT2D eigenvalue weighted by atomic mass is 9.63. The number of β-amino-alcohol motifs (C(OH)–C–C–N with tert-alkyl or cyclic N) is 2. The van der Waals surface area contributed by atoms with Gasteiger partial charge < -0.3 is 20.0 Å². The number of halogens is 2. The zero-order valence-electron chi connectivity index (χ0n) is 20.8. The summed E-state index contributed by atoms with van der Waals surface area (Å²) in [6.07, 6.45) is 5.04. The number of likely N-dealkylation sites (tertiary alicyclic amines) is 1. The molecule has 4 aliphatic rings. The van der Waals surface area contributed by atoms with E-state index in [1.807, 2.05) is 36.4 Å². The number of benzene rings is 1. The number of aliphatic hydroxyl groups excluding tert-OH is 2. The van der Waals surface area contributed by atoms with E-state index in [1.54, 1.807) is 0 Å². The van der Waals surface area contributed by atoms with Crippen molar-refractivity contribution < 1.29 is 15.0 Å². The molecule has 6 nitrogen and oxygen atoms in total. The van der Waals surface area contributed by atoms with Crippen LogP contribution >= 0.6 is 35.0 Å². The van der Waals surface area contributed by atoms with E-state index >= 15 is 0 Å². The lowest BCUT2D eigenvalue weighted by Gasteiger charge is -2.47. The SMILES string of the molecule is CC(C)C1=C(C(=O)N2C[C@@H](O)[C@@H](O)C2)SC2=NC(C)(C3(C)C=CC(Cl)=CC3)C(c3ccc(Cl)cc3)N21. The summed E-state index contributed by atoms with van der Waals surface area (Å²) in [6.45, 7) is 8.80. The van der Waals surface area contributed by atoms with Gasteiger partial charge in [0.05, 0.1) is 23.8 Å². The molecule has 192 valence electrons. The van der Waals surface area contributed by atoms with Gasteiger partial charge in [0.1, 0.15) is 4.91 Å². The third-order valence-electron chi connectivity index (χ3n) is 7.97. The Morgan fingerprint density at radius 2 is 1.78 bits per heavy atom. The fraction of sp³-hybridized carbons (Fsp3) is 0.481. The van der Waals surface area contributed by atoms with Gasteiger partial charge in [0.15, 0.2) is 5.17 Å². The van der Waals surface area contributed by atoms with Gasteiger partial charge >= 0.3 is 0 Å². The third kappa shape index (κ3) is 4.04. The average Bonchev–Trinajstić information content (AvgIpc) is 3.45. The smallest absolute Gasteiger partial charge is 0.262 e. The first-order valence-electron chi connectivity index (χ1n) is 12.2. The molecule has 2 N–H and O–H groups in total. The molecular weight excluding hydrogens is 517 g/mol. The second kappa shape index (κ2) is 9.21. The molecule has 0 bridgehead atoms. The van der Waals surface area contributed by atoms with Gasteiger partial charge in [-0.1, -0.05) is 68.3 Å². The highest BCUT2D eigenvalue weighted by atomic mass is 35.5. The molecule has 3 heterocycles. The summed E-state index contributed by atoms with van der Waals surface area (Å²) in [6, 6.07) is 7.70. The van der Waals surface area contributed by atoms with Crippen molar-refractivity contribution in [3.05, 3.63) is 68.7 Å². The summed E-state index contributed by atoms with van der Waals surface area (Å²) in [5.74, 6) is -0.130. The number of amides is 1. The molecule has 1 fully saturated rings. The third-order valence-corrected chi connectivity index (χ3v) is 9.56. The van der Waals surface area contributed by atoms with Crippen LogP contribution in [0.3, 0.4) is 0 Å². The van der Waals surface area contributed by atoms with Crippen LogP contribution < -0.4 is 0 Å². The van der Waals surface area contributed by atoms with Crippen LogP contribution in [0.15, 0.2) is 63.1 Å². The van der Waals surface area contributed by atoms with Gasteiger partial charge in [0, 0.05) is 34.3 Å². The average molecular weight is 549 g/mol. The van der Waals surface area contributed by atoms with Gasteiger partial charge in [-0.05, 0) is 54.8 Å². The first-order valence-corrected chi connectivity index (χ1v) is 13.8. The lowest BCUT2D eigenvalue weighted by Crippen LogP contribution is -2.48. The van der Waals surface area contributed by atoms with Crippen LogP contribution in [0.1, 0.15) is 45.7 Å². The Balaban J connectivity index is 1.61. The summed E-state index contributed by atoms with van der Waals surface area (Å²) in [5.41, 5.74) is 1.11. The number of hydrogen-bond acceptors (Lipinski definition) is 6. The number of hydrogen-bond donors (Lipinski definition) is 2. The van der Waals surface area contributed by atoms with Crippen LogP contribution in [0.5, 0.6) is 0 Å². The maximum Gasteiger partial charge on any atom is 0.262 e. The quantitative estimate of drug-likeness (QED) is 0.549. The second-order valence-corrected chi connectivity index (χ2v) is 12.6. The normalized spacial score (nSPS) is 34.0. The van der Waals surface area contributed by atoms with Crippen LogP contribution in [0.2, 0.25) is 5.02 Å². The number of rotatable bonds is 4. The molecule has 5 rings (SSSR count). The fourth-order valence-corrected chi connectivity index (χ4v) is 7.30. The molecule has 0 spiro atoms. The number of fused-ring (bicyclic) bond motifs is 1. The van der Waals surface area contributed by atoms with Gasteiger partial charge in [0.2, 0.25) is 0 Å². The molecule has 0 radical (unpaired) electrons. The highest BCUT2D eigenvalue weighted by molar-refractivity contribution is 8.18. The van der Waals surface area contributed by atoms with Crippen LogP contribution in [0.25, 0.3) is 0 Å². The summed E-state index contributed by atoms with van der Waals surface area (Å²) in [5, 5.41) is 22.3. The van der Waals surface area contributed by atoms with Gasteiger partial charge in [-0.25, -0.2) is 0 Å². The Kier molecular flexibility index (Phi) is 6.61. The number of amidine groups is 1. The first kappa shape index (κ1) is 25.9. The van der Waals surface area contributed by atoms with E-state index < -0.39 is 17.7 Å². The minimum Gasteiger partial charge on any atom is -0.388 e. The number of thioether (sulfide) groups is 1. The molecule has 1 aromatic rings. The monoisotopic (exact) mass is 547 g/mol. The number of allylic oxidation sites excluding steroid dienone is 4. The highest BCUT2D eigenvalue weighted by Gasteiger charge is 2.59. The molecule has 1 amide bonds. The molecule has 9 heteroatoms. The Bertz CT molecular complexity index is 1200. The number of aliphatic hydroxyl groups is 2. The Labute approximate surface area is 226 Å². The predicted molar refractivity (Wildman–Crippen MR) is 146 cm³/mol. The van der Waals surface area contributed by atoms with Crippen LogP contribution in [0, 0.1) is 11.3 Å². The molecular formula is C27H31Cl2N3O3S. The van der Waals surface area contributed by atoms with Gasteiger partial charge in [0.25, 0.3) is 5.91 Å². The van der Waals surface area contributed by atoms with E-state index in [9.17, 15) is 15.0 Å². The summed E-state index contributed by atoms with van der Waals surface area (Å²) in [4.78, 5) is 23.3. The van der Waals surface area contributed by atoms with E-state index in [4.69, 9.17) is 28.2 Å². The fourth-order valence-electron chi connectivity index (χ4n) is 5.66. The standard InChI is InChI=1S/C27H31Cl2N3O3S/c1-15(2)21-22(24(35)31-13-19(33)20(34)14-31)36-25-30-27(4,26(3)11-9-18(29)10-12-26)23(32(21)25)16-5-7-17(28)8-6-16/h5-11,15,19-20,23,33-34H,12-14H2,1-4H3/t19-,20+,23?,26?,27?. The van der Waals surface area contributed by atoms with E-state index in [0.29, 0.717) is 9.93 Å². The van der Waals surface area contributed by atoms with E-state index in [-0.39, 0.29) is 36.4 Å². The summed E-state index contributed by atoms with van der Waals surface area (Å²) in [7, 11) is 0. The van der Waals surface area contributed by atoms with Gasteiger partial charge in [-0.2, -0.15) is 0 Å². The first-order chi connectivity index (χ1) is 16.9. The minimum absolute atomic E-state index is 0.0443. The number of carbonyl (C=O) groups is 1. The van der Waals surface area contributed by atoms with E-state index in [1.165, 1.54) is 16.7 Å². The molecule has 1 aromatic carbocycles. The number of aliphatic imine (C=N–C) groups is 1. The maximum absolute atomic E-state index is 13.6. The summed E-state index contributed by atoms with van der Waals surface area (Å²) < 4.78 is 0. The van der Waals surface area contributed by atoms with Crippen molar-refractivity contribution in [2.75, 3.05) is 13.1 Å². The Morgan fingerprint density at radius 1 is 1.14 bits per heavy atom. The van der Waals surface area contributed by atoms with Gasteiger partial charge in [-0.3, -0.25) is 9.79 Å². The van der Waals surface area contributed by atoms with Gasteiger partial charge in [-0.15, -0.1) is 0 Å². The molecule has 5 atom stereocenters. The molecule has 3 aliphatic heterocycles. The molecule has 0 saturated carbocycles. The zero-order chi connectivity index (χ0) is 26.0. The molecule has 1 aliphatic carbocycles. The molecule has 3 unspecified atom stereocenters. The molecule has 1 saturated heterocycles. The number of nitrogens with zero attached hydrogens (tertiary/aromatic N) is 3. The maximum atomic E-state index is 13.6. The van der Waals surface area contributed by atoms with Crippen LogP contribution in [-0.4, -0.2) is 61.9 Å². The molecule has 36 heavy (non-hydrogen) atoms. The number of carbonyl (C=O) groups excluding carboxylic acids is 1. The second-order valence-electron chi connectivity index (χ2n) is 10.7. The van der Waals surface area contributed by atoms with Crippen molar-refractivity contribution in [3.8, 4) is 0 Å². The van der Waals surface area contributed by atoms with Crippen molar-refractivity contribution in [2.24, 2.45) is 16.3 Å². The van der Waals surface area contributed by atoms with Crippen molar-refractivity contribution in [1.82, 2.24) is 9.80 Å².